The minimum absolute atomic E-state index is 0.977. The van der Waals surface area contributed by atoms with Crippen molar-refractivity contribution < 1.29 is 0 Å². The number of pyridine rings is 1. The molecule has 0 aliphatic rings. The fourth-order valence-corrected chi connectivity index (χ4v) is 1.71. The van der Waals surface area contributed by atoms with E-state index < -0.39 is 0 Å². The van der Waals surface area contributed by atoms with E-state index in [2.05, 4.69) is 16.5 Å². The number of para-hydroxylation sites is 1. The van der Waals surface area contributed by atoms with Gasteiger partial charge < -0.3 is 5.43 Å². The van der Waals surface area contributed by atoms with Gasteiger partial charge in [0.05, 0.1) is 5.69 Å². The molecule has 16 heavy (non-hydrogen) atoms. The molecular formula is C13H15N3. The van der Waals surface area contributed by atoms with E-state index in [1.54, 1.807) is 0 Å². The predicted molar refractivity (Wildman–Crippen MR) is 65.9 cm³/mol. The first-order chi connectivity index (χ1) is 7.90. The number of nitrogen functional groups attached to an aromatic ring is 1. The van der Waals surface area contributed by atoms with Crippen LogP contribution >= 0.6 is 0 Å². The highest BCUT2D eigenvalue weighted by molar-refractivity contribution is 5.50. The summed E-state index contributed by atoms with van der Waals surface area (Å²) in [4.78, 5) is 4.00. The lowest BCUT2D eigenvalue weighted by molar-refractivity contribution is 0.954. The smallest absolute Gasteiger partial charge is 0.0517 e. The lowest BCUT2D eigenvalue weighted by Crippen LogP contribution is -2.09. The van der Waals surface area contributed by atoms with Gasteiger partial charge in [-0.1, -0.05) is 18.2 Å². The van der Waals surface area contributed by atoms with Crippen LogP contribution in [0.2, 0.25) is 0 Å². The molecule has 0 bridgehead atoms. The molecule has 0 unspecified atom stereocenters. The molecule has 0 atom stereocenters. The van der Waals surface area contributed by atoms with Gasteiger partial charge in [0.1, 0.15) is 0 Å². The molecule has 0 aliphatic heterocycles. The summed E-state index contributed by atoms with van der Waals surface area (Å²) in [6, 6.07) is 12.2. The monoisotopic (exact) mass is 213 g/mol. The van der Waals surface area contributed by atoms with E-state index in [4.69, 9.17) is 5.84 Å². The Labute approximate surface area is 95.3 Å². The molecule has 0 aliphatic carbocycles. The molecule has 3 N–H and O–H groups in total. The number of aryl methyl sites for hydroxylation is 2. The molecule has 1 heterocycles. The van der Waals surface area contributed by atoms with E-state index in [0.717, 1.165) is 18.5 Å². The normalized spacial score (nSPS) is 10.1. The highest BCUT2D eigenvalue weighted by Crippen LogP contribution is 2.15. The molecule has 0 saturated carbocycles. The lowest BCUT2D eigenvalue weighted by Gasteiger charge is -2.08. The summed E-state index contributed by atoms with van der Waals surface area (Å²) < 4.78 is 0. The van der Waals surface area contributed by atoms with Gasteiger partial charge >= 0.3 is 0 Å². The molecule has 3 nitrogen and oxygen atoms in total. The third-order valence-corrected chi connectivity index (χ3v) is 2.61. The Hall–Kier alpha value is -1.87. The average molecular weight is 213 g/mol. The van der Waals surface area contributed by atoms with Crippen LogP contribution in [0.5, 0.6) is 0 Å². The van der Waals surface area contributed by atoms with Crippen molar-refractivity contribution in [3.05, 3.63) is 59.9 Å². The minimum atomic E-state index is 0.977. The number of anilines is 1. The van der Waals surface area contributed by atoms with E-state index >= 15 is 0 Å². The van der Waals surface area contributed by atoms with Crippen molar-refractivity contribution in [2.45, 2.75) is 12.8 Å². The third kappa shape index (κ3) is 2.58. The molecule has 0 amide bonds. The fraction of sp³-hybridized carbons (Fsp3) is 0.154. The Bertz CT molecular complexity index is 440. The number of benzene rings is 1. The highest BCUT2D eigenvalue weighted by Gasteiger charge is 2.00. The summed E-state index contributed by atoms with van der Waals surface area (Å²) in [6.07, 6.45) is 5.62. The zero-order valence-electron chi connectivity index (χ0n) is 9.06. The number of nitrogens with two attached hydrogens (primary N) is 1. The molecule has 0 fully saturated rings. The van der Waals surface area contributed by atoms with Crippen LogP contribution in [0, 0.1) is 0 Å². The Morgan fingerprint density at radius 2 is 1.75 bits per heavy atom. The van der Waals surface area contributed by atoms with Crippen LogP contribution in [-0.2, 0) is 12.8 Å². The van der Waals surface area contributed by atoms with Gasteiger partial charge in [0.2, 0.25) is 0 Å². The van der Waals surface area contributed by atoms with Crippen LogP contribution in [0.15, 0.2) is 48.8 Å². The molecule has 0 radical (unpaired) electrons. The van der Waals surface area contributed by atoms with E-state index in [0.29, 0.717) is 0 Å². The van der Waals surface area contributed by atoms with Crippen LogP contribution in [-0.4, -0.2) is 4.98 Å². The van der Waals surface area contributed by atoms with Gasteiger partial charge in [0.25, 0.3) is 0 Å². The maximum Gasteiger partial charge on any atom is 0.0517 e. The van der Waals surface area contributed by atoms with Gasteiger partial charge in [-0.05, 0) is 42.2 Å². The average Bonchev–Trinajstić information content (AvgIpc) is 2.38. The van der Waals surface area contributed by atoms with Crippen LogP contribution in [0.3, 0.4) is 0 Å². The summed E-state index contributed by atoms with van der Waals surface area (Å²) in [5, 5.41) is 0. The van der Waals surface area contributed by atoms with Crippen molar-refractivity contribution in [3.8, 4) is 0 Å². The van der Waals surface area contributed by atoms with Crippen molar-refractivity contribution >= 4 is 5.69 Å². The molecule has 2 aromatic rings. The van der Waals surface area contributed by atoms with E-state index in [1.807, 2.05) is 42.7 Å². The molecule has 3 heteroatoms. The summed E-state index contributed by atoms with van der Waals surface area (Å²) in [5.74, 6) is 5.46. The Kier molecular flexibility index (Phi) is 3.51. The maximum absolute atomic E-state index is 5.46. The van der Waals surface area contributed by atoms with Crippen molar-refractivity contribution in [1.29, 1.82) is 0 Å². The van der Waals surface area contributed by atoms with Crippen molar-refractivity contribution in [2.24, 2.45) is 5.84 Å². The summed E-state index contributed by atoms with van der Waals surface area (Å²) in [6.45, 7) is 0. The van der Waals surface area contributed by atoms with Gasteiger partial charge in [-0.2, -0.15) is 0 Å². The number of nitrogens with one attached hydrogen (secondary N) is 1. The number of rotatable bonds is 4. The molecular weight excluding hydrogens is 198 g/mol. The van der Waals surface area contributed by atoms with Crippen LogP contribution in [0.1, 0.15) is 11.1 Å². The van der Waals surface area contributed by atoms with Gasteiger partial charge in [-0.15, -0.1) is 0 Å². The number of aromatic nitrogens is 1. The van der Waals surface area contributed by atoms with Crippen LogP contribution in [0.25, 0.3) is 0 Å². The molecule has 0 spiro atoms. The van der Waals surface area contributed by atoms with Gasteiger partial charge in [0, 0.05) is 12.4 Å². The second-order valence-electron chi connectivity index (χ2n) is 3.66. The molecule has 1 aromatic heterocycles. The molecule has 1 aromatic carbocycles. The number of hydrazine groups is 1. The minimum Gasteiger partial charge on any atom is -0.324 e. The molecule has 82 valence electrons. The summed E-state index contributed by atoms with van der Waals surface area (Å²) in [5.41, 5.74) is 6.25. The van der Waals surface area contributed by atoms with Gasteiger partial charge in [-0.3, -0.25) is 10.8 Å². The first-order valence-electron chi connectivity index (χ1n) is 5.33. The second-order valence-corrected chi connectivity index (χ2v) is 3.66. The largest absolute Gasteiger partial charge is 0.324 e. The first kappa shape index (κ1) is 10.6. The summed E-state index contributed by atoms with van der Waals surface area (Å²) in [7, 11) is 0. The standard InChI is InChI=1S/C13H15N3/c14-16-13-4-2-1-3-12(13)6-5-11-7-9-15-10-8-11/h1-4,7-10,16H,5-6,14H2. The van der Waals surface area contributed by atoms with Crippen LogP contribution < -0.4 is 11.3 Å². The van der Waals surface area contributed by atoms with E-state index in [1.165, 1.54) is 11.1 Å². The van der Waals surface area contributed by atoms with Gasteiger partial charge in [-0.25, -0.2) is 0 Å². The molecule has 0 saturated heterocycles. The van der Waals surface area contributed by atoms with Crippen molar-refractivity contribution in [3.63, 3.8) is 0 Å². The number of hydrogen-bond donors (Lipinski definition) is 2. The zero-order chi connectivity index (χ0) is 11.2. The Balaban J connectivity index is 2.05. The first-order valence-corrected chi connectivity index (χ1v) is 5.33. The van der Waals surface area contributed by atoms with E-state index in [9.17, 15) is 0 Å². The Morgan fingerprint density at radius 3 is 2.50 bits per heavy atom. The Morgan fingerprint density at radius 1 is 1.00 bits per heavy atom. The third-order valence-electron chi connectivity index (χ3n) is 2.61. The molecule has 2 rings (SSSR count). The van der Waals surface area contributed by atoms with E-state index in [-0.39, 0.29) is 0 Å². The number of hydrogen-bond acceptors (Lipinski definition) is 3. The maximum atomic E-state index is 5.46. The highest BCUT2D eigenvalue weighted by atomic mass is 15.2. The predicted octanol–water partition coefficient (Wildman–Crippen LogP) is 2.15. The second kappa shape index (κ2) is 5.28. The topological polar surface area (TPSA) is 50.9 Å². The van der Waals surface area contributed by atoms with Crippen molar-refractivity contribution in [1.82, 2.24) is 4.98 Å². The fourth-order valence-electron chi connectivity index (χ4n) is 1.71. The zero-order valence-corrected chi connectivity index (χ0v) is 9.06. The number of nitrogens with zero attached hydrogens (tertiary/aromatic N) is 1. The summed E-state index contributed by atoms with van der Waals surface area (Å²) >= 11 is 0. The lowest BCUT2D eigenvalue weighted by atomic mass is 10.0. The van der Waals surface area contributed by atoms with Crippen molar-refractivity contribution in [2.75, 3.05) is 5.43 Å². The van der Waals surface area contributed by atoms with Gasteiger partial charge in [0.15, 0.2) is 0 Å². The van der Waals surface area contributed by atoms with Crippen LogP contribution in [0.4, 0.5) is 5.69 Å². The SMILES string of the molecule is NNc1ccccc1CCc1ccncc1. The quantitative estimate of drug-likeness (QED) is 0.604.